The van der Waals surface area contributed by atoms with Gasteiger partial charge in [0.2, 0.25) is 5.89 Å². The average molecular weight is 367 g/mol. The third-order valence-corrected chi connectivity index (χ3v) is 4.62. The summed E-state index contributed by atoms with van der Waals surface area (Å²) in [6.45, 7) is 2.26. The quantitative estimate of drug-likeness (QED) is 0.592. The Bertz CT molecular complexity index is 899. The molecule has 0 spiro atoms. The molecule has 0 bridgehead atoms. The van der Waals surface area contributed by atoms with Crippen molar-refractivity contribution in [2.45, 2.75) is 18.9 Å². The van der Waals surface area contributed by atoms with Crippen LogP contribution < -0.4 is 0 Å². The minimum atomic E-state index is -0.0275. The molecule has 27 heavy (non-hydrogen) atoms. The predicted molar refractivity (Wildman–Crippen MR) is 96.0 cm³/mol. The van der Waals surface area contributed by atoms with Crippen molar-refractivity contribution in [3.63, 3.8) is 0 Å². The minimum absolute atomic E-state index is 0.0275. The summed E-state index contributed by atoms with van der Waals surface area (Å²) in [7, 11) is 1.76. The van der Waals surface area contributed by atoms with Gasteiger partial charge >= 0.3 is 0 Å². The van der Waals surface area contributed by atoms with E-state index in [4.69, 9.17) is 9.26 Å². The van der Waals surface area contributed by atoms with Crippen LogP contribution in [0.3, 0.4) is 0 Å². The van der Waals surface area contributed by atoms with Crippen molar-refractivity contribution in [1.29, 1.82) is 0 Å². The zero-order chi connectivity index (χ0) is 18.6. The predicted octanol–water partition coefficient (Wildman–Crippen LogP) is 1.80. The van der Waals surface area contributed by atoms with Crippen LogP contribution in [0.25, 0.3) is 0 Å². The summed E-state index contributed by atoms with van der Waals surface area (Å²) in [5.74, 6) is 1.28. The Morgan fingerprint density at radius 1 is 1.26 bits per heavy atom. The number of aryl methyl sites for hydroxylation is 1. The molecule has 1 saturated heterocycles. The van der Waals surface area contributed by atoms with Gasteiger partial charge in [0.1, 0.15) is 5.69 Å². The van der Waals surface area contributed by atoms with Gasteiger partial charge in [-0.3, -0.25) is 9.48 Å². The fourth-order valence-electron chi connectivity index (χ4n) is 3.01. The van der Waals surface area contributed by atoms with Crippen LogP contribution in [0.15, 0.2) is 47.1 Å². The first kappa shape index (κ1) is 17.4. The van der Waals surface area contributed by atoms with E-state index < -0.39 is 0 Å². The molecule has 3 heterocycles. The van der Waals surface area contributed by atoms with E-state index in [2.05, 4.69) is 15.2 Å². The van der Waals surface area contributed by atoms with Crippen molar-refractivity contribution in [3.8, 4) is 0 Å². The first-order valence-electron chi connectivity index (χ1n) is 8.92. The molecule has 0 N–H and O–H groups in total. The molecule has 0 atom stereocenters. The Kier molecular flexibility index (Phi) is 4.97. The van der Waals surface area contributed by atoms with Gasteiger partial charge in [-0.05, 0) is 11.6 Å². The maximum Gasteiger partial charge on any atom is 0.272 e. The second-order valence-corrected chi connectivity index (χ2v) is 6.58. The highest BCUT2D eigenvalue weighted by molar-refractivity contribution is 5.93. The standard InChI is InChI=1S/C19H21N5O3/c1-23-16(7-9-20-23)19(25)24-11-15(12-24)18-21-17(22-27-18)8-10-26-13-14-5-3-2-4-6-14/h2-7,9,15H,8,10-13H2,1H3. The van der Waals surface area contributed by atoms with E-state index in [1.165, 1.54) is 0 Å². The third-order valence-electron chi connectivity index (χ3n) is 4.62. The van der Waals surface area contributed by atoms with Gasteiger partial charge in [-0.2, -0.15) is 10.1 Å². The van der Waals surface area contributed by atoms with Crippen LogP contribution in [0.5, 0.6) is 0 Å². The molecule has 1 aliphatic heterocycles. The molecule has 0 saturated carbocycles. The number of likely N-dealkylation sites (tertiary alicyclic amines) is 1. The van der Waals surface area contributed by atoms with Crippen molar-refractivity contribution < 1.29 is 14.1 Å². The van der Waals surface area contributed by atoms with Gasteiger partial charge in [0.25, 0.3) is 5.91 Å². The number of nitrogens with zero attached hydrogens (tertiary/aromatic N) is 5. The zero-order valence-corrected chi connectivity index (χ0v) is 15.1. The van der Waals surface area contributed by atoms with E-state index in [9.17, 15) is 4.79 Å². The van der Waals surface area contributed by atoms with E-state index in [1.807, 2.05) is 30.3 Å². The van der Waals surface area contributed by atoms with Crippen LogP contribution in [0.2, 0.25) is 0 Å². The van der Waals surface area contributed by atoms with E-state index >= 15 is 0 Å². The summed E-state index contributed by atoms with van der Waals surface area (Å²) in [5, 5.41) is 8.04. The molecule has 2 aromatic heterocycles. The smallest absolute Gasteiger partial charge is 0.272 e. The number of carbonyl (C=O) groups is 1. The normalized spacial score (nSPS) is 14.3. The maximum atomic E-state index is 12.4. The van der Waals surface area contributed by atoms with Crippen LogP contribution in [0, 0.1) is 0 Å². The molecule has 0 radical (unpaired) electrons. The van der Waals surface area contributed by atoms with Crippen LogP contribution >= 0.6 is 0 Å². The van der Waals surface area contributed by atoms with Gasteiger partial charge in [0.15, 0.2) is 5.82 Å². The maximum absolute atomic E-state index is 12.4. The minimum Gasteiger partial charge on any atom is -0.376 e. The molecule has 0 unspecified atom stereocenters. The number of aromatic nitrogens is 4. The van der Waals surface area contributed by atoms with Crippen LogP contribution in [-0.4, -0.2) is 50.4 Å². The van der Waals surface area contributed by atoms with Crippen molar-refractivity contribution in [1.82, 2.24) is 24.8 Å². The van der Waals surface area contributed by atoms with E-state index in [-0.39, 0.29) is 11.8 Å². The Balaban J connectivity index is 1.22. The summed E-state index contributed by atoms with van der Waals surface area (Å²) in [5.41, 5.74) is 1.72. The molecular formula is C19H21N5O3. The number of hydrogen-bond donors (Lipinski definition) is 0. The topological polar surface area (TPSA) is 86.3 Å². The van der Waals surface area contributed by atoms with Gasteiger partial charge in [0.05, 0.1) is 19.1 Å². The summed E-state index contributed by atoms with van der Waals surface area (Å²) in [6.07, 6.45) is 2.22. The first-order chi connectivity index (χ1) is 13.2. The number of hydrogen-bond acceptors (Lipinski definition) is 6. The van der Waals surface area contributed by atoms with Crippen molar-refractivity contribution >= 4 is 5.91 Å². The third kappa shape index (κ3) is 3.90. The highest BCUT2D eigenvalue weighted by Crippen LogP contribution is 2.27. The lowest BCUT2D eigenvalue weighted by Gasteiger charge is -2.36. The molecule has 1 aliphatic rings. The largest absolute Gasteiger partial charge is 0.376 e. The number of carbonyl (C=O) groups excluding carboxylic acids is 1. The molecule has 1 fully saturated rings. The lowest BCUT2D eigenvalue weighted by atomic mass is 9.99. The van der Waals surface area contributed by atoms with Gasteiger partial charge in [0, 0.05) is 32.8 Å². The van der Waals surface area contributed by atoms with Crippen molar-refractivity contribution in [2.75, 3.05) is 19.7 Å². The molecule has 0 aliphatic carbocycles. The van der Waals surface area contributed by atoms with E-state index in [0.29, 0.717) is 50.1 Å². The number of benzene rings is 1. The fraction of sp³-hybridized carbons (Fsp3) is 0.368. The van der Waals surface area contributed by atoms with Gasteiger partial charge < -0.3 is 14.2 Å². The Labute approximate surface area is 156 Å². The van der Waals surface area contributed by atoms with E-state index in [1.54, 1.807) is 28.9 Å². The number of amides is 1. The second kappa shape index (κ2) is 7.71. The van der Waals surface area contributed by atoms with Gasteiger partial charge in [-0.1, -0.05) is 35.5 Å². The first-order valence-corrected chi connectivity index (χ1v) is 8.92. The molecule has 140 valence electrons. The van der Waals surface area contributed by atoms with Gasteiger partial charge in [-0.25, -0.2) is 0 Å². The molecule has 1 amide bonds. The summed E-state index contributed by atoms with van der Waals surface area (Å²) < 4.78 is 12.6. The van der Waals surface area contributed by atoms with Crippen LogP contribution in [-0.2, 0) is 24.8 Å². The molecule has 1 aromatic carbocycles. The molecular weight excluding hydrogens is 346 g/mol. The summed E-state index contributed by atoms with van der Waals surface area (Å²) in [6, 6.07) is 11.7. The molecule has 4 rings (SSSR count). The summed E-state index contributed by atoms with van der Waals surface area (Å²) in [4.78, 5) is 18.6. The fourth-order valence-corrected chi connectivity index (χ4v) is 3.01. The second-order valence-electron chi connectivity index (χ2n) is 6.58. The van der Waals surface area contributed by atoms with Crippen LogP contribution in [0.1, 0.15) is 33.7 Å². The highest BCUT2D eigenvalue weighted by Gasteiger charge is 2.36. The van der Waals surface area contributed by atoms with Crippen molar-refractivity contribution in [3.05, 3.63) is 65.6 Å². The zero-order valence-electron chi connectivity index (χ0n) is 15.1. The molecule has 8 nitrogen and oxygen atoms in total. The number of rotatable bonds is 7. The monoisotopic (exact) mass is 367 g/mol. The lowest BCUT2D eigenvalue weighted by molar-refractivity contribution is 0.0558. The molecule has 3 aromatic rings. The van der Waals surface area contributed by atoms with Gasteiger partial charge in [-0.15, -0.1) is 0 Å². The average Bonchev–Trinajstić information content (AvgIpc) is 3.27. The van der Waals surface area contributed by atoms with Crippen LogP contribution in [0.4, 0.5) is 0 Å². The lowest BCUT2D eigenvalue weighted by Crippen LogP contribution is -2.49. The van der Waals surface area contributed by atoms with Crippen molar-refractivity contribution in [2.24, 2.45) is 7.05 Å². The summed E-state index contributed by atoms with van der Waals surface area (Å²) >= 11 is 0. The number of ether oxygens (including phenoxy) is 1. The molecule has 8 heteroatoms. The highest BCUT2D eigenvalue weighted by atomic mass is 16.5. The SMILES string of the molecule is Cn1nccc1C(=O)N1CC(c2nc(CCOCc3ccccc3)no2)C1. The Morgan fingerprint density at radius 2 is 2.07 bits per heavy atom. The Hall–Kier alpha value is -3.00. The Morgan fingerprint density at radius 3 is 2.81 bits per heavy atom. The van der Waals surface area contributed by atoms with E-state index in [0.717, 1.165) is 5.56 Å².